The number of methoxy groups -OCH3 is 1. The fraction of sp³-hybridized carbons (Fsp3) is 0.417. The van der Waals surface area contributed by atoms with E-state index in [0.29, 0.717) is 73.2 Å². The number of aromatic nitrogens is 3. The number of anilines is 1. The zero-order chi connectivity index (χ0) is 24.4. The highest BCUT2D eigenvalue weighted by Crippen LogP contribution is 2.26. The van der Waals surface area contributed by atoms with Crippen LogP contribution in [0.25, 0.3) is 11.0 Å². The van der Waals surface area contributed by atoms with E-state index < -0.39 is 11.9 Å². The summed E-state index contributed by atoms with van der Waals surface area (Å²) in [5.41, 5.74) is 2.38. The number of carbonyl (C=O) groups is 1. The number of hydrogen-bond donors (Lipinski definition) is 3. The Hall–Kier alpha value is -3.41. The van der Waals surface area contributed by atoms with Crippen molar-refractivity contribution in [1.82, 2.24) is 25.2 Å². The van der Waals surface area contributed by atoms with Crippen molar-refractivity contribution in [3.05, 3.63) is 47.5 Å². The summed E-state index contributed by atoms with van der Waals surface area (Å²) in [7, 11) is 1.52. The van der Waals surface area contributed by atoms with Crippen LogP contribution in [0, 0.1) is 11.7 Å². The monoisotopic (exact) mass is 482 g/mol. The van der Waals surface area contributed by atoms with Crippen molar-refractivity contribution in [1.29, 1.82) is 0 Å². The fourth-order valence-electron chi connectivity index (χ4n) is 4.51. The Morgan fingerprint density at radius 2 is 2.17 bits per heavy atom. The van der Waals surface area contributed by atoms with Gasteiger partial charge in [-0.3, -0.25) is 9.78 Å². The average Bonchev–Trinajstić information content (AvgIpc) is 3.21. The summed E-state index contributed by atoms with van der Waals surface area (Å²) in [5, 5.41) is 16.6. The number of aliphatic hydroxyl groups is 1. The molecule has 0 saturated carbocycles. The lowest BCUT2D eigenvalue weighted by atomic mass is 10.1. The van der Waals surface area contributed by atoms with Gasteiger partial charge >= 0.3 is 0 Å². The second-order valence-electron chi connectivity index (χ2n) is 8.76. The zero-order valence-electron chi connectivity index (χ0n) is 19.3. The van der Waals surface area contributed by atoms with Crippen LogP contribution in [0.2, 0.25) is 0 Å². The number of hydrogen-bond acceptors (Lipinski definition) is 9. The summed E-state index contributed by atoms with van der Waals surface area (Å²) in [5.74, 6) is 0.817. The molecule has 0 spiro atoms. The van der Waals surface area contributed by atoms with Gasteiger partial charge in [0.25, 0.3) is 5.91 Å². The van der Waals surface area contributed by atoms with E-state index in [1.54, 1.807) is 18.2 Å². The largest absolute Gasteiger partial charge is 0.481 e. The molecule has 0 aromatic carbocycles. The first-order valence-electron chi connectivity index (χ1n) is 11.5. The van der Waals surface area contributed by atoms with E-state index in [1.807, 2.05) is 6.07 Å². The number of likely N-dealkylation sites (tertiary alicyclic amines) is 1. The number of nitrogens with one attached hydrogen (secondary N) is 2. The van der Waals surface area contributed by atoms with Crippen LogP contribution in [0.5, 0.6) is 11.6 Å². The Morgan fingerprint density at radius 1 is 1.29 bits per heavy atom. The topological polar surface area (TPSA) is 122 Å². The van der Waals surface area contributed by atoms with Crippen LogP contribution < -0.4 is 20.1 Å². The van der Waals surface area contributed by atoms with E-state index >= 15 is 0 Å². The highest BCUT2D eigenvalue weighted by molar-refractivity contribution is 5.94. The highest BCUT2D eigenvalue weighted by atomic mass is 19.1. The van der Waals surface area contributed by atoms with Gasteiger partial charge in [0.1, 0.15) is 5.82 Å². The smallest absolute Gasteiger partial charge is 0.263 e. The van der Waals surface area contributed by atoms with Gasteiger partial charge in [-0.15, -0.1) is 0 Å². The molecule has 5 heterocycles. The minimum Gasteiger partial charge on any atom is -0.481 e. The van der Waals surface area contributed by atoms with Crippen molar-refractivity contribution in [2.24, 2.45) is 5.92 Å². The first kappa shape index (κ1) is 23.3. The molecule has 0 unspecified atom stereocenters. The molecule has 0 aliphatic carbocycles. The van der Waals surface area contributed by atoms with Gasteiger partial charge in [-0.2, -0.15) is 0 Å². The molecule has 1 fully saturated rings. The molecule has 2 aliphatic rings. The molecule has 5 rings (SSSR count). The van der Waals surface area contributed by atoms with Gasteiger partial charge in [-0.1, -0.05) is 0 Å². The van der Waals surface area contributed by atoms with Crippen LogP contribution in [0.4, 0.5) is 10.2 Å². The molecule has 184 valence electrons. The number of aliphatic hydroxyl groups excluding tert-OH is 1. The lowest BCUT2D eigenvalue weighted by molar-refractivity contribution is -0.118. The molecular weight excluding hydrogens is 455 g/mol. The molecule has 2 atom stereocenters. The zero-order valence-corrected chi connectivity index (χ0v) is 19.3. The minimum atomic E-state index is -0.482. The van der Waals surface area contributed by atoms with Crippen molar-refractivity contribution >= 4 is 22.8 Å². The van der Waals surface area contributed by atoms with Gasteiger partial charge in [0, 0.05) is 50.3 Å². The number of rotatable bonds is 8. The standard InChI is InChI=1S/C24H27FN6O4/c1-34-22-5-3-18-23(30-22)16(17(25)10-27-18)6-7-31-11-14(19(32)12-31)8-26-9-15-2-4-20-24(28-15)29-21(33)13-35-20/h2-5,10,14,19,26,32H,6-9,11-13H2,1H3,(H,28,29,33)/t14-,19-/m1/s1. The summed E-state index contributed by atoms with van der Waals surface area (Å²) in [6.45, 7) is 2.90. The normalized spacial score (nSPS) is 19.9. The third kappa shape index (κ3) is 5.16. The molecule has 0 bridgehead atoms. The number of halogens is 1. The van der Waals surface area contributed by atoms with Crippen molar-refractivity contribution in [2.45, 2.75) is 19.1 Å². The van der Waals surface area contributed by atoms with Gasteiger partial charge in [-0.05, 0) is 24.6 Å². The molecule has 1 saturated heterocycles. The Labute approximate surface area is 201 Å². The lowest BCUT2D eigenvalue weighted by Crippen LogP contribution is -2.31. The SMILES string of the molecule is COc1ccc2ncc(F)c(CCN3C[C@@H](CNCc4ccc5c(n4)NC(=O)CO5)[C@H](O)C3)c2n1. The molecule has 3 N–H and O–H groups in total. The average molecular weight is 483 g/mol. The van der Waals surface area contributed by atoms with Crippen LogP contribution in [0.3, 0.4) is 0 Å². The molecule has 10 nitrogen and oxygen atoms in total. The number of amides is 1. The van der Waals surface area contributed by atoms with Crippen molar-refractivity contribution in [2.75, 3.05) is 45.2 Å². The van der Waals surface area contributed by atoms with E-state index in [4.69, 9.17) is 9.47 Å². The van der Waals surface area contributed by atoms with Gasteiger partial charge in [0.05, 0.1) is 36.1 Å². The number of ether oxygens (including phenoxy) is 2. The quantitative estimate of drug-likeness (QED) is 0.434. The van der Waals surface area contributed by atoms with Crippen LogP contribution in [0.15, 0.2) is 30.5 Å². The second kappa shape index (κ2) is 10.1. The number of β-amino-alcohol motifs (C(OH)–C–C–N with tert-alkyl or cyclic N) is 1. The fourth-order valence-corrected chi connectivity index (χ4v) is 4.51. The third-order valence-corrected chi connectivity index (χ3v) is 6.35. The van der Waals surface area contributed by atoms with E-state index in [2.05, 4.69) is 30.5 Å². The number of fused-ring (bicyclic) bond motifs is 2. The number of pyridine rings is 3. The molecule has 2 aliphatic heterocycles. The Bertz CT molecular complexity index is 1240. The molecule has 1 amide bonds. The summed E-state index contributed by atoms with van der Waals surface area (Å²) in [6.07, 6.45) is 1.19. The maximum absolute atomic E-state index is 14.6. The summed E-state index contributed by atoms with van der Waals surface area (Å²) < 4.78 is 25.1. The summed E-state index contributed by atoms with van der Waals surface area (Å²) in [4.78, 5) is 26.6. The Morgan fingerprint density at radius 3 is 3.03 bits per heavy atom. The molecule has 3 aromatic heterocycles. The lowest BCUT2D eigenvalue weighted by Gasteiger charge is -2.18. The first-order chi connectivity index (χ1) is 17.0. The molecular formula is C24H27FN6O4. The van der Waals surface area contributed by atoms with Crippen LogP contribution >= 0.6 is 0 Å². The van der Waals surface area contributed by atoms with E-state index in [1.165, 1.54) is 13.3 Å². The highest BCUT2D eigenvalue weighted by Gasteiger charge is 2.31. The maximum Gasteiger partial charge on any atom is 0.263 e. The first-order valence-corrected chi connectivity index (χ1v) is 11.5. The van der Waals surface area contributed by atoms with Crippen LogP contribution in [-0.2, 0) is 17.8 Å². The Kier molecular flexibility index (Phi) is 6.71. The molecule has 3 aromatic rings. The van der Waals surface area contributed by atoms with E-state index in [-0.39, 0.29) is 18.4 Å². The maximum atomic E-state index is 14.6. The summed E-state index contributed by atoms with van der Waals surface area (Å²) >= 11 is 0. The molecule has 11 heteroatoms. The van der Waals surface area contributed by atoms with Crippen molar-refractivity contribution in [3.8, 4) is 11.6 Å². The number of nitrogens with zero attached hydrogens (tertiary/aromatic N) is 4. The van der Waals surface area contributed by atoms with E-state index in [9.17, 15) is 14.3 Å². The van der Waals surface area contributed by atoms with Crippen molar-refractivity contribution in [3.63, 3.8) is 0 Å². The van der Waals surface area contributed by atoms with Gasteiger partial charge in [0.15, 0.2) is 18.2 Å². The van der Waals surface area contributed by atoms with Crippen molar-refractivity contribution < 1.29 is 23.8 Å². The number of carbonyl (C=O) groups excluding carboxylic acids is 1. The van der Waals surface area contributed by atoms with Crippen LogP contribution in [-0.4, -0.2) is 76.9 Å². The molecule has 35 heavy (non-hydrogen) atoms. The summed E-state index contributed by atoms with van der Waals surface area (Å²) in [6, 6.07) is 7.10. The predicted molar refractivity (Wildman–Crippen MR) is 126 cm³/mol. The second-order valence-corrected chi connectivity index (χ2v) is 8.76. The van der Waals surface area contributed by atoms with Gasteiger partial charge < -0.3 is 30.1 Å². The Balaban J connectivity index is 1.15. The van der Waals surface area contributed by atoms with Gasteiger partial charge in [-0.25, -0.2) is 14.4 Å². The molecule has 0 radical (unpaired) electrons. The minimum absolute atomic E-state index is 0.00290. The van der Waals surface area contributed by atoms with E-state index in [0.717, 1.165) is 5.69 Å². The van der Waals surface area contributed by atoms with Gasteiger partial charge in [0.2, 0.25) is 5.88 Å². The van der Waals surface area contributed by atoms with Crippen LogP contribution in [0.1, 0.15) is 11.3 Å². The third-order valence-electron chi connectivity index (χ3n) is 6.35. The predicted octanol–water partition coefficient (Wildman–Crippen LogP) is 1.13.